The smallest absolute Gasteiger partial charge is 0.250 e. The molecule has 0 aliphatic heterocycles. The summed E-state index contributed by atoms with van der Waals surface area (Å²) in [6.07, 6.45) is 7.30. The van der Waals surface area contributed by atoms with Crippen LogP contribution in [0.1, 0.15) is 43.0 Å². The Morgan fingerprint density at radius 2 is 2.09 bits per heavy atom. The van der Waals surface area contributed by atoms with Gasteiger partial charge in [0.05, 0.1) is 12.0 Å². The second kappa shape index (κ2) is 6.40. The third kappa shape index (κ3) is 2.68. The summed E-state index contributed by atoms with van der Waals surface area (Å²) in [5, 5.41) is 4.12. The van der Waals surface area contributed by atoms with Gasteiger partial charge >= 0.3 is 0 Å². The second-order valence-electron chi connectivity index (χ2n) is 5.58. The molecule has 2 aromatic rings. The Morgan fingerprint density at radius 1 is 1.32 bits per heavy atom. The topological polar surface area (TPSA) is 48.2 Å². The Hall–Kier alpha value is -2.01. The van der Waals surface area contributed by atoms with Crippen LogP contribution in [0.25, 0.3) is 6.08 Å². The zero-order valence-electron chi connectivity index (χ0n) is 12.6. The summed E-state index contributed by atoms with van der Waals surface area (Å²) in [7, 11) is 1.62. The summed E-state index contributed by atoms with van der Waals surface area (Å²) in [5.74, 6) is 0.799. The zero-order chi connectivity index (χ0) is 15.4. The molecule has 0 unspecified atom stereocenters. The highest BCUT2D eigenvalue weighted by molar-refractivity contribution is 5.40. The molecule has 3 rings (SSSR count). The highest BCUT2D eigenvalue weighted by Crippen LogP contribution is 2.45. The van der Waals surface area contributed by atoms with E-state index in [2.05, 4.69) is 10.1 Å². The minimum absolute atomic E-state index is 0.203. The molecular weight excluding hydrogens is 283 g/mol. The van der Waals surface area contributed by atoms with Gasteiger partial charge in [-0.1, -0.05) is 42.3 Å². The Labute approximate surface area is 129 Å². The molecule has 0 N–H and O–H groups in total. The Morgan fingerprint density at radius 3 is 2.82 bits per heavy atom. The largest absolute Gasteiger partial charge is 0.381 e. The predicted molar refractivity (Wildman–Crippen MR) is 80.9 cm³/mol. The normalized spacial score (nSPS) is 17.4. The maximum absolute atomic E-state index is 14.3. The number of nitrogens with zero attached hydrogens (tertiary/aromatic N) is 2. The standard InChI is InChI=1S/C17H19FN2O2/c1-21-12-6-9-15-19-16(20-22-15)17(10-4-5-11-17)13-7-2-3-8-14(13)18/h2-3,6-9H,4-5,10-12H2,1H3/b9-6+. The minimum Gasteiger partial charge on any atom is -0.381 e. The van der Waals surface area contributed by atoms with E-state index in [1.807, 2.05) is 18.2 Å². The van der Waals surface area contributed by atoms with Crippen molar-refractivity contribution in [2.45, 2.75) is 31.1 Å². The van der Waals surface area contributed by atoms with E-state index in [0.717, 1.165) is 25.7 Å². The molecule has 1 aromatic heterocycles. The summed E-state index contributed by atoms with van der Waals surface area (Å²) in [6.45, 7) is 0.482. The van der Waals surface area contributed by atoms with Crippen LogP contribution in [0.15, 0.2) is 34.9 Å². The first-order chi connectivity index (χ1) is 10.8. The van der Waals surface area contributed by atoms with E-state index < -0.39 is 5.41 Å². The molecule has 5 heteroatoms. The first-order valence-corrected chi connectivity index (χ1v) is 7.51. The highest BCUT2D eigenvalue weighted by atomic mass is 19.1. The van der Waals surface area contributed by atoms with Gasteiger partial charge in [0.25, 0.3) is 0 Å². The molecule has 1 aliphatic rings. The number of methoxy groups -OCH3 is 1. The first kappa shape index (κ1) is 14.9. The number of aromatic nitrogens is 2. The van der Waals surface area contributed by atoms with E-state index in [0.29, 0.717) is 23.9 Å². The molecule has 0 spiro atoms. The van der Waals surface area contributed by atoms with Crippen LogP contribution in [0.4, 0.5) is 4.39 Å². The predicted octanol–water partition coefficient (Wildman–Crippen LogP) is 3.73. The van der Waals surface area contributed by atoms with Crippen molar-refractivity contribution in [1.29, 1.82) is 0 Å². The minimum atomic E-state index is -0.470. The lowest BCUT2D eigenvalue weighted by Crippen LogP contribution is -2.26. The van der Waals surface area contributed by atoms with Crippen molar-refractivity contribution in [3.63, 3.8) is 0 Å². The molecule has 0 saturated heterocycles. The molecule has 0 radical (unpaired) electrons. The summed E-state index contributed by atoms with van der Waals surface area (Å²) in [4.78, 5) is 4.47. The molecule has 1 aromatic carbocycles. The van der Waals surface area contributed by atoms with Crippen LogP contribution in [-0.4, -0.2) is 23.9 Å². The Bertz CT molecular complexity index is 660. The van der Waals surface area contributed by atoms with E-state index in [4.69, 9.17) is 9.26 Å². The van der Waals surface area contributed by atoms with Crippen molar-refractivity contribution < 1.29 is 13.7 Å². The van der Waals surface area contributed by atoms with Gasteiger partial charge in [0.15, 0.2) is 5.82 Å². The monoisotopic (exact) mass is 302 g/mol. The summed E-state index contributed by atoms with van der Waals surface area (Å²) >= 11 is 0. The molecule has 1 heterocycles. The zero-order valence-corrected chi connectivity index (χ0v) is 12.6. The lowest BCUT2D eigenvalue weighted by Gasteiger charge is -2.26. The van der Waals surface area contributed by atoms with Crippen LogP contribution in [0, 0.1) is 5.82 Å². The van der Waals surface area contributed by atoms with Gasteiger partial charge in [-0.15, -0.1) is 0 Å². The van der Waals surface area contributed by atoms with Crippen LogP contribution in [0.5, 0.6) is 0 Å². The Balaban J connectivity index is 1.97. The summed E-state index contributed by atoms with van der Waals surface area (Å²) < 4.78 is 24.5. The van der Waals surface area contributed by atoms with Crippen molar-refractivity contribution in [3.05, 3.63) is 53.4 Å². The van der Waals surface area contributed by atoms with Crippen LogP contribution in [0.2, 0.25) is 0 Å². The molecule has 22 heavy (non-hydrogen) atoms. The lowest BCUT2D eigenvalue weighted by molar-refractivity contribution is 0.234. The lowest BCUT2D eigenvalue weighted by atomic mass is 9.78. The van der Waals surface area contributed by atoms with Crippen molar-refractivity contribution >= 4 is 6.08 Å². The maximum atomic E-state index is 14.3. The molecule has 1 aliphatic carbocycles. The van der Waals surface area contributed by atoms with Gasteiger partial charge in [-0.25, -0.2) is 4.39 Å². The SMILES string of the molecule is COC/C=C/c1nc(C2(c3ccccc3F)CCCC2)no1. The van der Waals surface area contributed by atoms with Crippen LogP contribution >= 0.6 is 0 Å². The molecule has 116 valence electrons. The molecule has 1 fully saturated rings. The average molecular weight is 302 g/mol. The van der Waals surface area contributed by atoms with Gasteiger partial charge < -0.3 is 9.26 Å². The number of ether oxygens (including phenoxy) is 1. The quantitative estimate of drug-likeness (QED) is 0.844. The van der Waals surface area contributed by atoms with Crippen molar-refractivity contribution in [2.75, 3.05) is 13.7 Å². The van der Waals surface area contributed by atoms with E-state index in [1.54, 1.807) is 19.3 Å². The van der Waals surface area contributed by atoms with Gasteiger partial charge in [0.2, 0.25) is 5.89 Å². The van der Waals surface area contributed by atoms with E-state index in [1.165, 1.54) is 6.07 Å². The van der Waals surface area contributed by atoms with Gasteiger partial charge in [0.1, 0.15) is 5.82 Å². The number of hydrogen-bond acceptors (Lipinski definition) is 4. The molecule has 4 nitrogen and oxygen atoms in total. The van der Waals surface area contributed by atoms with Gasteiger partial charge in [-0.3, -0.25) is 0 Å². The van der Waals surface area contributed by atoms with Crippen LogP contribution in [0.3, 0.4) is 0 Å². The molecule has 0 amide bonds. The summed E-state index contributed by atoms with van der Waals surface area (Å²) in [6, 6.07) is 6.89. The van der Waals surface area contributed by atoms with Crippen molar-refractivity contribution in [1.82, 2.24) is 10.1 Å². The van der Waals surface area contributed by atoms with Gasteiger partial charge in [-0.05, 0) is 18.9 Å². The average Bonchev–Trinajstić information content (AvgIpc) is 3.17. The van der Waals surface area contributed by atoms with Crippen molar-refractivity contribution in [3.8, 4) is 0 Å². The first-order valence-electron chi connectivity index (χ1n) is 7.51. The van der Waals surface area contributed by atoms with E-state index >= 15 is 0 Å². The molecule has 0 bridgehead atoms. The molecule has 0 atom stereocenters. The Kier molecular flexibility index (Phi) is 4.34. The van der Waals surface area contributed by atoms with Crippen LogP contribution < -0.4 is 0 Å². The van der Waals surface area contributed by atoms with Gasteiger partial charge in [0, 0.05) is 18.7 Å². The number of rotatable bonds is 5. The fourth-order valence-electron chi connectivity index (χ4n) is 3.18. The highest BCUT2D eigenvalue weighted by Gasteiger charge is 2.43. The van der Waals surface area contributed by atoms with E-state index in [-0.39, 0.29) is 5.82 Å². The van der Waals surface area contributed by atoms with E-state index in [9.17, 15) is 4.39 Å². The van der Waals surface area contributed by atoms with Crippen molar-refractivity contribution in [2.24, 2.45) is 0 Å². The van der Waals surface area contributed by atoms with Gasteiger partial charge in [-0.2, -0.15) is 4.98 Å². The fraction of sp³-hybridized carbons (Fsp3) is 0.412. The maximum Gasteiger partial charge on any atom is 0.250 e. The second-order valence-corrected chi connectivity index (χ2v) is 5.58. The third-order valence-corrected chi connectivity index (χ3v) is 4.24. The fourth-order valence-corrected chi connectivity index (χ4v) is 3.18. The van der Waals surface area contributed by atoms with Crippen LogP contribution in [-0.2, 0) is 10.2 Å². The molecule has 1 saturated carbocycles. The summed E-state index contributed by atoms with van der Waals surface area (Å²) in [5.41, 5.74) is 0.197. The number of benzene rings is 1. The third-order valence-electron chi connectivity index (χ3n) is 4.24. The number of hydrogen-bond donors (Lipinski definition) is 0. The molecular formula is C17H19FN2O2. The number of halogens is 1.